The number of aromatic nitrogens is 1. The molecule has 0 radical (unpaired) electrons. The van der Waals surface area contributed by atoms with E-state index in [9.17, 15) is 4.57 Å². The van der Waals surface area contributed by atoms with E-state index in [0.29, 0.717) is 5.75 Å². The largest absolute Gasteiger partial charge is 0.493 e. The molecule has 0 aliphatic carbocycles. The predicted molar refractivity (Wildman–Crippen MR) is 53.7 cm³/mol. The number of ether oxygens (including phenoxy) is 2. The van der Waals surface area contributed by atoms with E-state index >= 15 is 0 Å². The molecule has 0 fully saturated rings. The maximum Gasteiger partial charge on any atom is 0.374 e. The average molecular weight is 233 g/mol. The summed E-state index contributed by atoms with van der Waals surface area (Å²) in [5.41, 5.74) is 0. The quantitative estimate of drug-likeness (QED) is 0.789. The highest BCUT2D eigenvalue weighted by atomic mass is 31.2. The molecule has 6 nitrogen and oxygen atoms in total. The first-order chi connectivity index (χ1) is 6.98. The van der Waals surface area contributed by atoms with Gasteiger partial charge in [-0.25, -0.2) is 9.55 Å². The van der Waals surface area contributed by atoms with Gasteiger partial charge < -0.3 is 18.9 Å². The Morgan fingerprint density at radius 3 is 2.53 bits per heavy atom. The van der Waals surface area contributed by atoms with Crippen LogP contribution >= 0.6 is 7.60 Å². The Bertz CT molecular complexity index is 389. The van der Waals surface area contributed by atoms with Crippen LogP contribution < -0.4 is 14.0 Å². The number of methoxy groups -OCH3 is 2. The fraction of sp³-hybridized carbons (Fsp3) is 0.375. The highest BCUT2D eigenvalue weighted by molar-refractivity contribution is 7.52. The SMILES string of the molecule is COc1ccnc(OP(C)(=O)O)c1OC. The third kappa shape index (κ3) is 3.11. The first-order valence-electron chi connectivity index (χ1n) is 4.05. The molecule has 1 heterocycles. The van der Waals surface area contributed by atoms with Crippen molar-refractivity contribution in [2.75, 3.05) is 20.9 Å². The Labute approximate surface area is 87.3 Å². The number of pyridine rings is 1. The van der Waals surface area contributed by atoms with Gasteiger partial charge in [0, 0.05) is 18.9 Å². The number of hydrogen-bond acceptors (Lipinski definition) is 5. The molecule has 0 aliphatic rings. The molecule has 1 unspecified atom stereocenters. The van der Waals surface area contributed by atoms with Crippen molar-refractivity contribution in [2.24, 2.45) is 0 Å². The van der Waals surface area contributed by atoms with Crippen LogP contribution in [0.5, 0.6) is 17.4 Å². The molecule has 1 rings (SSSR count). The standard InChI is InChI=1S/C8H12NO5P/c1-12-6-4-5-9-8(7(6)13-2)14-15(3,10)11/h4-5H,1-3H3,(H,10,11). The molecule has 0 saturated carbocycles. The van der Waals surface area contributed by atoms with E-state index in [0.717, 1.165) is 6.66 Å². The van der Waals surface area contributed by atoms with Crippen LogP contribution in [0.3, 0.4) is 0 Å². The van der Waals surface area contributed by atoms with Crippen LogP contribution in [0.4, 0.5) is 0 Å². The van der Waals surface area contributed by atoms with Crippen molar-refractivity contribution in [3.63, 3.8) is 0 Å². The van der Waals surface area contributed by atoms with E-state index in [1.165, 1.54) is 20.4 Å². The van der Waals surface area contributed by atoms with Gasteiger partial charge in [0.2, 0.25) is 5.75 Å². The molecule has 0 spiro atoms. The van der Waals surface area contributed by atoms with Crippen molar-refractivity contribution in [1.82, 2.24) is 4.98 Å². The summed E-state index contributed by atoms with van der Waals surface area (Å²) in [6.07, 6.45) is 1.40. The maximum absolute atomic E-state index is 11.0. The van der Waals surface area contributed by atoms with Crippen molar-refractivity contribution >= 4 is 7.60 Å². The highest BCUT2D eigenvalue weighted by Gasteiger charge is 2.19. The second kappa shape index (κ2) is 4.51. The third-order valence-electron chi connectivity index (χ3n) is 1.52. The van der Waals surface area contributed by atoms with E-state index in [2.05, 4.69) is 4.98 Å². The minimum atomic E-state index is -3.66. The molecule has 0 aliphatic heterocycles. The average Bonchev–Trinajstić information content (AvgIpc) is 2.15. The molecular formula is C8H12NO5P. The maximum atomic E-state index is 11.0. The van der Waals surface area contributed by atoms with Gasteiger partial charge in [-0.1, -0.05) is 0 Å². The summed E-state index contributed by atoms with van der Waals surface area (Å²) >= 11 is 0. The van der Waals surface area contributed by atoms with Gasteiger partial charge in [-0.3, -0.25) is 0 Å². The minimum absolute atomic E-state index is 0.0646. The Morgan fingerprint density at radius 2 is 2.07 bits per heavy atom. The lowest BCUT2D eigenvalue weighted by atomic mass is 10.4. The summed E-state index contributed by atoms with van der Waals surface area (Å²) in [5, 5.41) is 0. The molecule has 1 aromatic rings. The molecule has 0 amide bonds. The van der Waals surface area contributed by atoms with Gasteiger partial charge in [0.25, 0.3) is 5.88 Å². The number of rotatable bonds is 4. The monoisotopic (exact) mass is 233 g/mol. The van der Waals surface area contributed by atoms with Crippen molar-refractivity contribution < 1.29 is 23.5 Å². The first-order valence-corrected chi connectivity index (χ1v) is 6.07. The lowest BCUT2D eigenvalue weighted by Gasteiger charge is -2.13. The second-order valence-corrected chi connectivity index (χ2v) is 4.53. The molecule has 1 aromatic heterocycles. The van der Waals surface area contributed by atoms with Gasteiger partial charge >= 0.3 is 7.60 Å². The van der Waals surface area contributed by atoms with Gasteiger partial charge in [-0.2, -0.15) is 0 Å². The zero-order valence-corrected chi connectivity index (χ0v) is 9.52. The van der Waals surface area contributed by atoms with E-state index < -0.39 is 7.60 Å². The number of hydrogen-bond donors (Lipinski definition) is 1. The summed E-state index contributed by atoms with van der Waals surface area (Å²) in [5.74, 6) is 0.511. The van der Waals surface area contributed by atoms with Crippen LogP contribution in [0.1, 0.15) is 0 Å². The van der Waals surface area contributed by atoms with Crippen LogP contribution in [-0.4, -0.2) is 30.8 Å². The molecule has 0 aromatic carbocycles. The molecule has 1 N–H and O–H groups in total. The minimum Gasteiger partial charge on any atom is -0.493 e. The zero-order chi connectivity index (χ0) is 11.5. The van der Waals surface area contributed by atoms with Gasteiger partial charge in [-0.05, 0) is 0 Å². The Hall–Kier alpha value is -1.26. The van der Waals surface area contributed by atoms with Crippen LogP contribution in [-0.2, 0) is 4.57 Å². The molecular weight excluding hydrogens is 221 g/mol. The molecule has 1 atom stereocenters. The lowest BCUT2D eigenvalue weighted by molar-refractivity contribution is 0.326. The smallest absolute Gasteiger partial charge is 0.374 e. The van der Waals surface area contributed by atoms with E-state index in [1.54, 1.807) is 6.07 Å². The zero-order valence-electron chi connectivity index (χ0n) is 8.63. The summed E-state index contributed by atoms with van der Waals surface area (Å²) in [6, 6.07) is 1.56. The van der Waals surface area contributed by atoms with Crippen molar-refractivity contribution in [1.29, 1.82) is 0 Å². The van der Waals surface area contributed by atoms with E-state index in [-0.39, 0.29) is 11.6 Å². The second-order valence-electron chi connectivity index (χ2n) is 2.75. The Kier molecular flexibility index (Phi) is 3.55. The fourth-order valence-electron chi connectivity index (χ4n) is 0.986. The summed E-state index contributed by atoms with van der Waals surface area (Å²) < 4.78 is 25.8. The fourth-order valence-corrected chi connectivity index (χ4v) is 1.44. The predicted octanol–water partition coefficient (Wildman–Crippen LogP) is 1.29. The van der Waals surface area contributed by atoms with E-state index in [1.807, 2.05) is 0 Å². The first kappa shape index (κ1) is 11.8. The summed E-state index contributed by atoms with van der Waals surface area (Å²) in [7, 11) is -0.812. The molecule has 0 bridgehead atoms. The Morgan fingerprint density at radius 1 is 1.40 bits per heavy atom. The number of nitrogens with zero attached hydrogens (tertiary/aromatic N) is 1. The van der Waals surface area contributed by atoms with Gasteiger partial charge in [0.1, 0.15) is 0 Å². The summed E-state index contributed by atoms with van der Waals surface area (Å²) in [6.45, 7) is 1.06. The van der Waals surface area contributed by atoms with Crippen LogP contribution in [0.25, 0.3) is 0 Å². The molecule has 0 saturated heterocycles. The topological polar surface area (TPSA) is 77.9 Å². The van der Waals surface area contributed by atoms with Gasteiger partial charge in [0.15, 0.2) is 5.75 Å². The van der Waals surface area contributed by atoms with Crippen molar-refractivity contribution in [2.45, 2.75) is 0 Å². The highest BCUT2D eigenvalue weighted by Crippen LogP contribution is 2.44. The normalized spacial score (nSPS) is 14.1. The molecule has 84 valence electrons. The molecule has 15 heavy (non-hydrogen) atoms. The summed E-state index contributed by atoms with van der Waals surface area (Å²) in [4.78, 5) is 12.8. The lowest BCUT2D eigenvalue weighted by Crippen LogP contribution is -1.98. The van der Waals surface area contributed by atoms with Crippen molar-refractivity contribution in [3.05, 3.63) is 12.3 Å². The van der Waals surface area contributed by atoms with Gasteiger partial charge in [-0.15, -0.1) is 0 Å². The van der Waals surface area contributed by atoms with Crippen molar-refractivity contribution in [3.8, 4) is 17.4 Å². The van der Waals surface area contributed by atoms with E-state index in [4.69, 9.17) is 18.9 Å². The van der Waals surface area contributed by atoms with Crippen LogP contribution in [0.2, 0.25) is 0 Å². The van der Waals surface area contributed by atoms with Crippen LogP contribution in [0.15, 0.2) is 12.3 Å². The van der Waals surface area contributed by atoms with Crippen LogP contribution in [0, 0.1) is 0 Å². The third-order valence-corrected chi connectivity index (χ3v) is 2.03. The Balaban J connectivity index is 3.12. The van der Waals surface area contributed by atoms with Gasteiger partial charge in [0.05, 0.1) is 14.2 Å². The molecule has 7 heteroatoms.